The maximum absolute atomic E-state index is 11.9. The third-order valence-electron chi connectivity index (χ3n) is 5.24. The lowest BCUT2D eigenvalue weighted by Gasteiger charge is -2.56. The van der Waals surface area contributed by atoms with Crippen LogP contribution in [0.25, 0.3) is 0 Å². The van der Waals surface area contributed by atoms with Crippen LogP contribution in [0.3, 0.4) is 0 Å². The molecule has 4 bridgehead atoms. The largest absolute Gasteiger partial charge is 0.511 e. The highest BCUT2D eigenvalue weighted by atomic mass is 16.6. The topological polar surface area (TPSA) is 46.5 Å². The predicted molar refractivity (Wildman–Crippen MR) is 77.2 cm³/mol. The first-order valence-electron chi connectivity index (χ1n) is 7.90. The SMILES string of the molecule is CC(C)(C)OC(=O)/C=C(\O)C12CC3CC(CC(C3)C1)C2. The molecule has 4 aliphatic rings. The van der Waals surface area contributed by atoms with Crippen molar-refractivity contribution in [3.63, 3.8) is 0 Å². The number of allylic oxidation sites excluding steroid dienone is 1. The Bertz CT molecular complexity index is 406. The Morgan fingerprint density at radius 1 is 1.10 bits per heavy atom. The molecule has 3 heteroatoms. The van der Waals surface area contributed by atoms with E-state index in [1.54, 1.807) is 0 Å². The Morgan fingerprint density at radius 3 is 1.95 bits per heavy atom. The lowest BCUT2D eigenvalue weighted by atomic mass is 9.49. The Kier molecular flexibility index (Phi) is 3.15. The number of hydrogen-bond donors (Lipinski definition) is 1. The third kappa shape index (κ3) is 2.59. The number of esters is 1. The van der Waals surface area contributed by atoms with Gasteiger partial charge < -0.3 is 9.84 Å². The highest BCUT2D eigenvalue weighted by Crippen LogP contribution is 2.62. The van der Waals surface area contributed by atoms with Gasteiger partial charge in [0.25, 0.3) is 0 Å². The molecule has 4 aliphatic carbocycles. The van der Waals surface area contributed by atoms with Gasteiger partial charge in [-0.1, -0.05) is 0 Å². The van der Waals surface area contributed by atoms with E-state index >= 15 is 0 Å². The van der Waals surface area contributed by atoms with Crippen molar-refractivity contribution in [1.29, 1.82) is 0 Å². The van der Waals surface area contributed by atoms with Crippen molar-refractivity contribution in [3.8, 4) is 0 Å². The van der Waals surface area contributed by atoms with Crippen LogP contribution in [-0.2, 0) is 9.53 Å². The normalized spacial score (nSPS) is 40.0. The molecule has 4 fully saturated rings. The van der Waals surface area contributed by atoms with Gasteiger partial charge >= 0.3 is 5.97 Å². The summed E-state index contributed by atoms with van der Waals surface area (Å²) in [5.41, 5.74) is -0.624. The first-order chi connectivity index (χ1) is 9.26. The van der Waals surface area contributed by atoms with E-state index in [1.807, 2.05) is 20.8 Å². The summed E-state index contributed by atoms with van der Waals surface area (Å²) in [6, 6.07) is 0. The zero-order chi connectivity index (χ0) is 14.5. The fourth-order valence-electron chi connectivity index (χ4n) is 5.02. The van der Waals surface area contributed by atoms with E-state index in [-0.39, 0.29) is 11.2 Å². The molecule has 0 atom stereocenters. The fourth-order valence-corrected chi connectivity index (χ4v) is 5.02. The quantitative estimate of drug-likeness (QED) is 0.472. The lowest BCUT2D eigenvalue weighted by molar-refractivity contribution is -0.149. The maximum Gasteiger partial charge on any atom is 0.334 e. The molecule has 20 heavy (non-hydrogen) atoms. The minimum atomic E-state index is -0.505. The van der Waals surface area contributed by atoms with Gasteiger partial charge in [-0.25, -0.2) is 4.79 Å². The molecule has 0 unspecified atom stereocenters. The number of ether oxygens (including phenoxy) is 1. The molecule has 0 saturated heterocycles. The van der Waals surface area contributed by atoms with Gasteiger partial charge in [0.15, 0.2) is 0 Å². The average Bonchev–Trinajstić information content (AvgIpc) is 2.23. The number of carbonyl (C=O) groups is 1. The van der Waals surface area contributed by atoms with Crippen LogP contribution >= 0.6 is 0 Å². The Hall–Kier alpha value is -0.990. The van der Waals surface area contributed by atoms with Gasteiger partial charge in [-0.3, -0.25) is 0 Å². The predicted octanol–water partition coefficient (Wildman–Crippen LogP) is 3.99. The molecule has 0 aromatic heterocycles. The summed E-state index contributed by atoms with van der Waals surface area (Å²) in [6.07, 6.45) is 8.52. The van der Waals surface area contributed by atoms with Gasteiger partial charge in [0.1, 0.15) is 11.4 Å². The molecule has 0 radical (unpaired) electrons. The van der Waals surface area contributed by atoms with E-state index in [0.717, 1.165) is 37.0 Å². The van der Waals surface area contributed by atoms with Crippen LogP contribution < -0.4 is 0 Å². The molecule has 112 valence electrons. The molecular weight excluding hydrogens is 252 g/mol. The molecular formula is C17H26O3. The summed E-state index contributed by atoms with van der Waals surface area (Å²) in [7, 11) is 0. The van der Waals surface area contributed by atoms with Gasteiger partial charge in [-0.15, -0.1) is 0 Å². The molecule has 0 aromatic carbocycles. The lowest BCUT2D eigenvalue weighted by Crippen LogP contribution is -2.47. The van der Waals surface area contributed by atoms with E-state index < -0.39 is 11.6 Å². The Morgan fingerprint density at radius 2 is 1.55 bits per heavy atom. The first kappa shape index (κ1) is 14.0. The van der Waals surface area contributed by atoms with E-state index in [0.29, 0.717) is 0 Å². The van der Waals surface area contributed by atoms with E-state index in [9.17, 15) is 9.90 Å². The monoisotopic (exact) mass is 278 g/mol. The van der Waals surface area contributed by atoms with Gasteiger partial charge in [-0.05, 0) is 77.0 Å². The molecule has 0 amide bonds. The molecule has 0 spiro atoms. The van der Waals surface area contributed by atoms with E-state index in [2.05, 4.69) is 0 Å². The zero-order valence-electron chi connectivity index (χ0n) is 12.8. The van der Waals surface area contributed by atoms with Crippen molar-refractivity contribution in [2.45, 2.75) is 64.9 Å². The molecule has 1 N–H and O–H groups in total. The summed E-state index contributed by atoms with van der Waals surface area (Å²) < 4.78 is 5.30. The summed E-state index contributed by atoms with van der Waals surface area (Å²) in [4.78, 5) is 11.9. The van der Waals surface area contributed by atoms with Crippen LogP contribution in [0.1, 0.15) is 59.3 Å². The minimum absolute atomic E-state index is 0.119. The van der Waals surface area contributed by atoms with Crippen LogP contribution in [0.4, 0.5) is 0 Å². The van der Waals surface area contributed by atoms with Crippen molar-refractivity contribution < 1.29 is 14.6 Å². The van der Waals surface area contributed by atoms with Crippen molar-refractivity contribution in [1.82, 2.24) is 0 Å². The number of carbonyl (C=O) groups excluding carboxylic acids is 1. The second-order valence-electron chi connectivity index (χ2n) is 8.26. The van der Waals surface area contributed by atoms with Crippen molar-refractivity contribution in [2.24, 2.45) is 23.2 Å². The van der Waals surface area contributed by atoms with Gasteiger partial charge in [0.05, 0.1) is 6.08 Å². The summed E-state index contributed by atoms with van der Waals surface area (Å²) in [5, 5.41) is 10.5. The van der Waals surface area contributed by atoms with Crippen molar-refractivity contribution in [2.75, 3.05) is 0 Å². The van der Waals surface area contributed by atoms with Gasteiger partial charge in [-0.2, -0.15) is 0 Å². The molecule has 4 rings (SSSR count). The second kappa shape index (κ2) is 4.51. The summed E-state index contributed by atoms with van der Waals surface area (Å²) >= 11 is 0. The van der Waals surface area contributed by atoms with Crippen LogP contribution in [-0.4, -0.2) is 16.7 Å². The molecule has 4 saturated carbocycles. The van der Waals surface area contributed by atoms with Gasteiger partial charge in [0.2, 0.25) is 0 Å². The Labute approximate surface area is 121 Å². The minimum Gasteiger partial charge on any atom is -0.511 e. The summed E-state index contributed by atoms with van der Waals surface area (Å²) in [5.74, 6) is 2.15. The Balaban J connectivity index is 1.76. The number of aliphatic hydroxyl groups excluding tert-OH is 1. The van der Waals surface area contributed by atoms with Crippen LogP contribution in [0.2, 0.25) is 0 Å². The first-order valence-corrected chi connectivity index (χ1v) is 7.90. The number of aliphatic hydroxyl groups is 1. The second-order valence-corrected chi connectivity index (χ2v) is 8.26. The van der Waals surface area contributed by atoms with Crippen LogP contribution in [0, 0.1) is 23.2 Å². The fraction of sp³-hybridized carbons (Fsp3) is 0.824. The van der Waals surface area contributed by atoms with Crippen LogP contribution in [0.5, 0.6) is 0 Å². The smallest absolute Gasteiger partial charge is 0.334 e. The number of rotatable bonds is 2. The average molecular weight is 278 g/mol. The van der Waals surface area contributed by atoms with Gasteiger partial charge in [0, 0.05) is 5.41 Å². The molecule has 0 heterocycles. The van der Waals surface area contributed by atoms with Crippen molar-refractivity contribution >= 4 is 5.97 Å². The van der Waals surface area contributed by atoms with E-state index in [1.165, 1.54) is 25.3 Å². The van der Waals surface area contributed by atoms with Crippen molar-refractivity contribution in [3.05, 3.63) is 11.8 Å². The molecule has 0 aliphatic heterocycles. The van der Waals surface area contributed by atoms with Crippen LogP contribution in [0.15, 0.2) is 11.8 Å². The molecule has 0 aromatic rings. The van der Waals surface area contributed by atoms with E-state index in [4.69, 9.17) is 4.74 Å². The maximum atomic E-state index is 11.9. The zero-order valence-corrected chi connectivity index (χ0v) is 12.8. The molecule has 3 nitrogen and oxygen atoms in total. The highest BCUT2D eigenvalue weighted by molar-refractivity contribution is 5.83. The standard InChI is InChI=1S/C17H26O3/c1-16(2,3)20-15(19)7-14(18)17-8-11-4-12(9-17)6-13(5-11)10-17/h7,11-13,18H,4-6,8-10H2,1-3H3/b14-7-. The number of hydrogen-bond acceptors (Lipinski definition) is 3. The summed E-state index contributed by atoms with van der Waals surface area (Å²) in [6.45, 7) is 5.54. The highest BCUT2D eigenvalue weighted by Gasteiger charge is 2.53. The third-order valence-corrected chi connectivity index (χ3v) is 5.24.